The molecule has 0 atom stereocenters. The molecule has 0 bridgehead atoms. The topological polar surface area (TPSA) is 81.0 Å². The number of nitrogens with one attached hydrogen (secondary N) is 1. The van der Waals surface area contributed by atoms with Crippen molar-refractivity contribution in [3.63, 3.8) is 0 Å². The lowest BCUT2D eigenvalue weighted by Gasteiger charge is -2.29. The van der Waals surface area contributed by atoms with Gasteiger partial charge in [-0.05, 0) is 31.2 Å². The molecule has 0 spiro atoms. The maximum Gasteiger partial charge on any atom is 0.266 e. The fraction of sp³-hybridized carbons (Fsp3) is 0.316. The molecule has 3 heterocycles. The Balaban J connectivity index is 1.81. The van der Waals surface area contributed by atoms with Crippen LogP contribution < -0.4 is 9.80 Å². The number of hydrogen-bond acceptors (Lipinski definition) is 6. The first-order valence-corrected chi connectivity index (χ1v) is 10.4. The number of hydrogen-bond donors (Lipinski definition) is 1. The lowest BCUT2D eigenvalue weighted by atomic mass is 10.2. The lowest BCUT2D eigenvalue weighted by Crippen LogP contribution is -3.12. The second-order valence-corrected chi connectivity index (χ2v) is 8.73. The average Bonchev–Trinajstić information content (AvgIpc) is 3.33. The van der Waals surface area contributed by atoms with E-state index in [1.807, 2.05) is 11.8 Å². The molecule has 1 saturated heterocycles. The predicted octanol–water partition coefficient (Wildman–Crippen LogP) is 1.41. The fourth-order valence-electron chi connectivity index (χ4n) is 3.10. The average molecular weight is 388 g/mol. The van der Waals surface area contributed by atoms with Crippen molar-refractivity contribution in [2.45, 2.75) is 16.8 Å². The Kier molecular flexibility index (Phi) is 4.53. The van der Waals surface area contributed by atoms with Gasteiger partial charge < -0.3 is 18.6 Å². The van der Waals surface area contributed by atoms with Gasteiger partial charge in [0.05, 0.1) is 44.4 Å². The van der Waals surface area contributed by atoms with Gasteiger partial charge in [-0.15, -0.1) is 0 Å². The Hall–Kier alpha value is -2.58. The molecule has 8 heteroatoms. The van der Waals surface area contributed by atoms with Crippen LogP contribution in [0.1, 0.15) is 5.56 Å². The normalized spacial score (nSPS) is 16.0. The first-order chi connectivity index (χ1) is 12.9. The molecule has 0 radical (unpaired) electrons. The first-order valence-electron chi connectivity index (χ1n) is 8.88. The van der Waals surface area contributed by atoms with Crippen LogP contribution in [0.5, 0.6) is 0 Å². The molecule has 0 unspecified atom stereocenters. The number of piperazine rings is 1. The van der Waals surface area contributed by atoms with E-state index in [2.05, 4.69) is 12.0 Å². The van der Waals surface area contributed by atoms with Crippen LogP contribution in [-0.4, -0.2) is 46.6 Å². The highest BCUT2D eigenvalue weighted by atomic mass is 32.2. The van der Waals surface area contributed by atoms with E-state index < -0.39 is 9.84 Å². The molecule has 0 aliphatic carbocycles. The summed E-state index contributed by atoms with van der Waals surface area (Å²) in [5, 5.41) is -0.0580. The minimum absolute atomic E-state index is 0.0580. The molecular weight excluding hydrogens is 366 g/mol. The monoisotopic (exact) mass is 388 g/mol. The minimum Gasteiger partial charge on any atom is -0.459 e. The largest absolute Gasteiger partial charge is 0.459 e. The maximum atomic E-state index is 13.3. The summed E-state index contributed by atoms with van der Waals surface area (Å²) in [6, 6.07) is 10.2. The Morgan fingerprint density at radius 2 is 1.81 bits per heavy atom. The van der Waals surface area contributed by atoms with Crippen molar-refractivity contribution >= 4 is 15.7 Å². The Labute approximate surface area is 158 Å². The highest BCUT2D eigenvalue weighted by Crippen LogP contribution is 2.34. The molecule has 1 N–H and O–H groups in total. The molecule has 0 saturated carbocycles. The summed E-state index contributed by atoms with van der Waals surface area (Å²) in [7, 11) is -1.69. The molecule has 7 nitrogen and oxygen atoms in total. The van der Waals surface area contributed by atoms with E-state index in [0.29, 0.717) is 18.8 Å². The zero-order valence-electron chi connectivity index (χ0n) is 15.3. The van der Waals surface area contributed by atoms with E-state index in [1.54, 1.807) is 36.4 Å². The highest BCUT2D eigenvalue weighted by Gasteiger charge is 2.33. The van der Waals surface area contributed by atoms with Crippen LogP contribution in [0.15, 0.2) is 61.4 Å². The number of likely N-dealkylation sites (N-methyl/N-ethyl adjacent to an activating group) is 1. The third-order valence-corrected chi connectivity index (χ3v) is 6.47. The fourth-order valence-corrected chi connectivity index (χ4v) is 4.42. The number of oxazole rings is 1. The van der Waals surface area contributed by atoms with Crippen molar-refractivity contribution in [2.24, 2.45) is 0 Å². The van der Waals surface area contributed by atoms with Crippen LogP contribution in [-0.2, 0) is 9.84 Å². The molecule has 142 valence electrons. The van der Waals surface area contributed by atoms with Gasteiger partial charge in [0.1, 0.15) is 0 Å². The van der Waals surface area contributed by atoms with Crippen molar-refractivity contribution in [3.8, 4) is 11.7 Å². The number of anilines is 1. The van der Waals surface area contributed by atoms with Crippen molar-refractivity contribution in [3.05, 3.63) is 48.2 Å². The summed E-state index contributed by atoms with van der Waals surface area (Å²) >= 11 is 0. The van der Waals surface area contributed by atoms with Crippen LogP contribution >= 0.6 is 0 Å². The second kappa shape index (κ2) is 6.86. The van der Waals surface area contributed by atoms with Gasteiger partial charge in [-0.2, -0.15) is 4.98 Å². The molecule has 27 heavy (non-hydrogen) atoms. The van der Waals surface area contributed by atoms with Gasteiger partial charge in [0.15, 0.2) is 5.76 Å². The smallest absolute Gasteiger partial charge is 0.266 e. The predicted molar refractivity (Wildman–Crippen MR) is 99.7 cm³/mol. The molecule has 3 aromatic rings. The maximum absolute atomic E-state index is 13.3. The van der Waals surface area contributed by atoms with E-state index >= 15 is 0 Å². The number of sulfone groups is 1. The minimum atomic E-state index is -3.81. The van der Waals surface area contributed by atoms with Crippen LogP contribution in [0.2, 0.25) is 0 Å². The van der Waals surface area contributed by atoms with Crippen molar-refractivity contribution < 1.29 is 22.2 Å². The van der Waals surface area contributed by atoms with Crippen molar-refractivity contribution in [2.75, 3.05) is 38.1 Å². The van der Waals surface area contributed by atoms with Crippen molar-refractivity contribution in [1.29, 1.82) is 0 Å². The molecule has 1 aromatic carbocycles. The lowest BCUT2D eigenvalue weighted by molar-refractivity contribution is -0.880. The van der Waals surface area contributed by atoms with Gasteiger partial charge in [0, 0.05) is 0 Å². The van der Waals surface area contributed by atoms with E-state index in [9.17, 15) is 8.42 Å². The van der Waals surface area contributed by atoms with Gasteiger partial charge in [-0.25, -0.2) is 8.42 Å². The number of furan rings is 1. The molecule has 1 aliphatic heterocycles. The summed E-state index contributed by atoms with van der Waals surface area (Å²) in [6.45, 7) is 5.13. The van der Waals surface area contributed by atoms with E-state index in [-0.39, 0.29) is 21.7 Å². The van der Waals surface area contributed by atoms with Crippen molar-refractivity contribution in [1.82, 2.24) is 4.98 Å². The molecule has 1 aliphatic rings. The first kappa shape index (κ1) is 17.8. The van der Waals surface area contributed by atoms with E-state index in [0.717, 1.165) is 18.7 Å². The standard InChI is InChI=1S/C19H21N3O4S/c1-14-5-7-15(8-6-14)27(23,24)18-19(22-11-9-21(2)10-12-22)26-17(20-18)16-4-3-13-25-16/h3-8,13H,9-12H2,1-2H3/p+1. The number of nitrogens with zero attached hydrogens (tertiary/aromatic N) is 2. The summed E-state index contributed by atoms with van der Waals surface area (Å²) in [5.41, 5.74) is 0.993. The quantitative estimate of drug-likeness (QED) is 0.728. The Bertz CT molecular complexity index is 1020. The Morgan fingerprint density at radius 3 is 2.44 bits per heavy atom. The number of benzene rings is 1. The van der Waals surface area contributed by atoms with Gasteiger partial charge in [-0.1, -0.05) is 17.7 Å². The van der Waals surface area contributed by atoms with Gasteiger partial charge in [-0.3, -0.25) is 0 Å². The summed E-state index contributed by atoms with van der Waals surface area (Å²) in [6.07, 6.45) is 1.51. The zero-order chi connectivity index (χ0) is 19.0. The summed E-state index contributed by atoms with van der Waals surface area (Å²) in [4.78, 5) is 7.88. The molecule has 0 amide bonds. The van der Waals surface area contributed by atoms with Gasteiger partial charge >= 0.3 is 0 Å². The molecule has 1 fully saturated rings. The summed E-state index contributed by atoms with van der Waals surface area (Å²) in [5.74, 6) is 0.864. The van der Waals surface area contributed by atoms with E-state index in [1.165, 1.54) is 11.2 Å². The highest BCUT2D eigenvalue weighted by molar-refractivity contribution is 7.91. The zero-order valence-corrected chi connectivity index (χ0v) is 16.1. The molecular formula is C19H22N3O4S+. The van der Waals surface area contributed by atoms with Crippen LogP contribution in [0.3, 0.4) is 0 Å². The summed E-state index contributed by atoms with van der Waals surface area (Å²) < 4.78 is 37.8. The van der Waals surface area contributed by atoms with Crippen LogP contribution in [0, 0.1) is 6.92 Å². The van der Waals surface area contributed by atoms with Gasteiger partial charge in [0.2, 0.25) is 20.7 Å². The third kappa shape index (κ3) is 3.38. The number of quaternary nitrogens is 1. The SMILES string of the molecule is Cc1ccc(S(=O)(=O)c2nc(-c3ccco3)oc2N2CC[NH+](C)CC2)cc1. The molecule has 2 aromatic heterocycles. The third-order valence-electron chi connectivity index (χ3n) is 4.80. The van der Waals surface area contributed by atoms with Crippen LogP contribution in [0.25, 0.3) is 11.7 Å². The Morgan fingerprint density at radius 1 is 1.11 bits per heavy atom. The van der Waals surface area contributed by atoms with Gasteiger partial charge in [0.25, 0.3) is 5.89 Å². The number of aryl methyl sites for hydroxylation is 1. The second-order valence-electron chi connectivity index (χ2n) is 6.87. The van der Waals surface area contributed by atoms with Crippen LogP contribution in [0.4, 0.5) is 5.88 Å². The van der Waals surface area contributed by atoms with E-state index in [4.69, 9.17) is 8.83 Å². The number of rotatable bonds is 4. The number of aromatic nitrogens is 1. The molecule has 4 rings (SSSR count).